The van der Waals surface area contributed by atoms with E-state index in [0.29, 0.717) is 16.2 Å². The van der Waals surface area contributed by atoms with Gasteiger partial charge in [0.15, 0.2) is 24.1 Å². The molecule has 12 nitrogen and oxygen atoms in total. The maximum atomic E-state index is 11.9. The van der Waals surface area contributed by atoms with Crippen LogP contribution < -0.4 is 5.73 Å². The number of fused-ring (bicyclic) bond motifs is 1. The molecule has 1 aromatic carbocycles. The van der Waals surface area contributed by atoms with Crippen molar-refractivity contribution in [1.82, 2.24) is 19.5 Å². The second-order valence-electron chi connectivity index (χ2n) is 8.14. The van der Waals surface area contributed by atoms with E-state index in [4.69, 9.17) is 24.7 Å². The number of hydrogen-bond acceptors (Lipinski definition) is 12. The van der Waals surface area contributed by atoms with Gasteiger partial charge in [0.25, 0.3) is 0 Å². The molecule has 2 unspecified atom stereocenters. The third kappa shape index (κ3) is 5.57. The summed E-state index contributed by atoms with van der Waals surface area (Å²) in [4.78, 5) is 49.2. The standard InChI is InChI=1S/C23H25N5O7S/c1-11-5-7-15(8-6-11)36-21-17-20(26-23(24)27-21)28(10-25-17)22-19(34-14(4)31)18(33-13(3)30)16(35-22)9-32-12(2)29/h5-8,10,16,18-19,22H,9H2,1-4H3,(H2,24,26,27)/t16-,18?,19?,22-/m1/s1. The van der Waals surface area contributed by atoms with Crippen molar-refractivity contribution in [3.8, 4) is 0 Å². The number of carbonyl (C=O) groups excluding carboxylic acids is 3. The average Bonchev–Trinajstić information content (AvgIpc) is 3.35. The van der Waals surface area contributed by atoms with E-state index in [1.807, 2.05) is 31.2 Å². The average molecular weight is 516 g/mol. The molecule has 1 fully saturated rings. The highest BCUT2D eigenvalue weighted by Gasteiger charge is 2.51. The molecule has 0 spiro atoms. The molecule has 13 heteroatoms. The SMILES string of the molecule is CC(=O)OC[C@H]1O[C@@H](n2cnc3c(Sc4ccc(C)cc4)nc(N)nc32)C(OC(C)=O)C1OC(C)=O. The molecule has 3 heterocycles. The highest BCUT2D eigenvalue weighted by Crippen LogP contribution is 2.38. The van der Waals surface area contributed by atoms with Gasteiger partial charge in [-0.3, -0.25) is 19.0 Å². The fourth-order valence-electron chi connectivity index (χ4n) is 3.80. The van der Waals surface area contributed by atoms with Gasteiger partial charge >= 0.3 is 17.9 Å². The number of nitrogens with two attached hydrogens (primary N) is 1. The molecule has 0 bridgehead atoms. The third-order valence-corrected chi connectivity index (χ3v) is 6.24. The lowest BCUT2D eigenvalue weighted by Gasteiger charge is -2.23. The predicted molar refractivity (Wildman–Crippen MR) is 127 cm³/mol. The summed E-state index contributed by atoms with van der Waals surface area (Å²) in [5.41, 5.74) is 7.92. The first-order valence-corrected chi connectivity index (χ1v) is 11.8. The van der Waals surface area contributed by atoms with Crippen molar-refractivity contribution in [2.75, 3.05) is 12.3 Å². The lowest BCUT2D eigenvalue weighted by atomic mass is 10.1. The number of aryl methyl sites for hydroxylation is 1. The number of rotatable bonds is 7. The third-order valence-electron chi connectivity index (χ3n) is 5.26. The predicted octanol–water partition coefficient (Wildman–Crippen LogP) is 2.19. The van der Waals surface area contributed by atoms with Gasteiger partial charge in [0.1, 0.15) is 23.3 Å². The van der Waals surface area contributed by atoms with Crippen molar-refractivity contribution in [3.63, 3.8) is 0 Å². The minimum absolute atomic E-state index is 0.00824. The van der Waals surface area contributed by atoms with Gasteiger partial charge in [-0.25, -0.2) is 9.97 Å². The van der Waals surface area contributed by atoms with E-state index in [0.717, 1.165) is 10.5 Å². The minimum atomic E-state index is -1.08. The van der Waals surface area contributed by atoms with Crippen LogP contribution in [0.2, 0.25) is 0 Å². The fourth-order valence-corrected chi connectivity index (χ4v) is 4.67. The van der Waals surface area contributed by atoms with Crippen molar-refractivity contribution >= 4 is 46.8 Å². The Kier molecular flexibility index (Phi) is 7.40. The van der Waals surface area contributed by atoms with Crippen molar-refractivity contribution in [3.05, 3.63) is 36.2 Å². The molecule has 36 heavy (non-hydrogen) atoms. The highest BCUT2D eigenvalue weighted by molar-refractivity contribution is 7.99. The van der Waals surface area contributed by atoms with Crippen LogP contribution in [0.5, 0.6) is 0 Å². The number of benzene rings is 1. The molecule has 2 N–H and O–H groups in total. The first-order chi connectivity index (χ1) is 17.1. The number of ether oxygens (including phenoxy) is 4. The molecular formula is C23H25N5O7S. The summed E-state index contributed by atoms with van der Waals surface area (Å²) in [5, 5.41) is 0.523. The van der Waals surface area contributed by atoms with Gasteiger partial charge in [-0.1, -0.05) is 29.5 Å². The Labute approximate surface area is 210 Å². The summed E-state index contributed by atoms with van der Waals surface area (Å²) in [6.07, 6.45) is -2.58. The first-order valence-electron chi connectivity index (χ1n) is 11.0. The van der Waals surface area contributed by atoms with Gasteiger partial charge < -0.3 is 24.7 Å². The normalized spacial score (nSPS) is 21.3. The van der Waals surface area contributed by atoms with E-state index < -0.39 is 42.4 Å². The molecule has 3 aromatic rings. The van der Waals surface area contributed by atoms with Crippen molar-refractivity contribution in [2.45, 2.75) is 62.2 Å². The zero-order valence-electron chi connectivity index (χ0n) is 20.0. The second-order valence-corrected chi connectivity index (χ2v) is 9.20. The van der Waals surface area contributed by atoms with Crippen LogP contribution in [-0.4, -0.2) is 62.3 Å². The monoisotopic (exact) mass is 515 g/mol. The number of nitrogen functional groups attached to an aromatic ring is 1. The summed E-state index contributed by atoms with van der Waals surface area (Å²) in [7, 11) is 0. The van der Waals surface area contributed by atoms with E-state index >= 15 is 0 Å². The van der Waals surface area contributed by atoms with Gasteiger partial charge in [0.2, 0.25) is 5.95 Å². The molecule has 1 saturated heterocycles. The van der Waals surface area contributed by atoms with Gasteiger partial charge in [0, 0.05) is 25.7 Å². The molecule has 0 radical (unpaired) electrons. The number of esters is 3. The van der Waals surface area contributed by atoms with Crippen LogP contribution in [0.4, 0.5) is 5.95 Å². The number of carbonyl (C=O) groups is 3. The Morgan fingerprint density at radius 1 is 1.03 bits per heavy atom. The zero-order chi connectivity index (χ0) is 26.0. The van der Waals surface area contributed by atoms with E-state index in [1.54, 1.807) is 0 Å². The van der Waals surface area contributed by atoms with Crippen LogP contribution in [0.25, 0.3) is 11.2 Å². The van der Waals surface area contributed by atoms with Crippen LogP contribution in [0.3, 0.4) is 0 Å². The maximum Gasteiger partial charge on any atom is 0.303 e. The summed E-state index contributed by atoms with van der Waals surface area (Å²) in [5.74, 6) is -1.77. The molecule has 0 saturated carbocycles. The van der Waals surface area contributed by atoms with Crippen LogP contribution >= 0.6 is 11.8 Å². The molecule has 2 aromatic heterocycles. The zero-order valence-corrected chi connectivity index (χ0v) is 20.9. The molecule has 190 valence electrons. The Bertz CT molecular complexity index is 1300. The Morgan fingerprint density at radius 3 is 2.33 bits per heavy atom. The van der Waals surface area contributed by atoms with Gasteiger partial charge in [0.05, 0.1) is 6.33 Å². The Balaban J connectivity index is 1.74. The quantitative estimate of drug-likeness (QED) is 0.278. The lowest BCUT2D eigenvalue weighted by Crippen LogP contribution is -2.40. The number of anilines is 1. The highest BCUT2D eigenvalue weighted by atomic mass is 32.2. The number of imidazole rings is 1. The van der Waals surface area contributed by atoms with Crippen LogP contribution in [0.1, 0.15) is 32.6 Å². The number of hydrogen-bond donors (Lipinski definition) is 1. The molecule has 0 aliphatic carbocycles. The fraction of sp³-hybridized carbons (Fsp3) is 0.391. The van der Waals surface area contributed by atoms with Gasteiger partial charge in [-0.05, 0) is 19.1 Å². The topological polar surface area (TPSA) is 158 Å². The largest absolute Gasteiger partial charge is 0.463 e. The summed E-state index contributed by atoms with van der Waals surface area (Å²) < 4.78 is 23.6. The van der Waals surface area contributed by atoms with E-state index in [1.165, 1.54) is 43.4 Å². The second kappa shape index (κ2) is 10.5. The lowest BCUT2D eigenvalue weighted by molar-refractivity contribution is -0.166. The van der Waals surface area contributed by atoms with E-state index in [2.05, 4.69) is 15.0 Å². The first kappa shape index (κ1) is 25.4. The summed E-state index contributed by atoms with van der Waals surface area (Å²) in [6.45, 7) is 5.46. The van der Waals surface area contributed by atoms with Gasteiger partial charge in [-0.2, -0.15) is 4.98 Å². The molecule has 1 aliphatic heterocycles. The van der Waals surface area contributed by atoms with Crippen molar-refractivity contribution in [2.24, 2.45) is 0 Å². The molecule has 1 aliphatic rings. The molecule has 4 atom stereocenters. The van der Waals surface area contributed by atoms with E-state index in [-0.39, 0.29) is 12.6 Å². The van der Waals surface area contributed by atoms with Crippen LogP contribution in [0, 0.1) is 6.92 Å². The summed E-state index contributed by atoms with van der Waals surface area (Å²) >= 11 is 1.37. The molecule has 4 rings (SSSR count). The minimum Gasteiger partial charge on any atom is -0.463 e. The maximum absolute atomic E-state index is 11.9. The van der Waals surface area contributed by atoms with E-state index in [9.17, 15) is 14.4 Å². The van der Waals surface area contributed by atoms with Crippen molar-refractivity contribution in [1.29, 1.82) is 0 Å². The Morgan fingerprint density at radius 2 is 1.69 bits per heavy atom. The van der Waals surface area contributed by atoms with Crippen LogP contribution in [0.15, 0.2) is 40.5 Å². The molecule has 0 amide bonds. The van der Waals surface area contributed by atoms with Crippen LogP contribution in [-0.2, 0) is 33.3 Å². The van der Waals surface area contributed by atoms with Crippen molar-refractivity contribution < 1.29 is 33.3 Å². The number of nitrogens with zero attached hydrogens (tertiary/aromatic N) is 4. The molecular weight excluding hydrogens is 490 g/mol. The summed E-state index contributed by atoms with van der Waals surface area (Å²) in [6, 6.07) is 7.89. The number of aromatic nitrogens is 4. The smallest absolute Gasteiger partial charge is 0.303 e. The Hall–Kier alpha value is -3.71. The van der Waals surface area contributed by atoms with Gasteiger partial charge in [-0.15, -0.1) is 0 Å².